The van der Waals surface area contributed by atoms with Gasteiger partial charge in [-0.15, -0.1) is 0 Å². The van der Waals surface area contributed by atoms with Crippen molar-refractivity contribution >= 4 is 46.2 Å². The number of amides is 1. The van der Waals surface area contributed by atoms with Gasteiger partial charge in [0, 0.05) is 28.7 Å². The van der Waals surface area contributed by atoms with E-state index >= 15 is 0 Å². The van der Waals surface area contributed by atoms with Gasteiger partial charge in [0.2, 0.25) is 6.41 Å². The summed E-state index contributed by atoms with van der Waals surface area (Å²) in [6.45, 7) is 3.06. The van der Waals surface area contributed by atoms with Crippen LogP contribution in [0.1, 0.15) is 18.9 Å². The van der Waals surface area contributed by atoms with Crippen LogP contribution in [0, 0.1) is 0 Å². The van der Waals surface area contributed by atoms with Gasteiger partial charge in [0.1, 0.15) is 11.6 Å². The first-order chi connectivity index (χ1) is 15.5. The summed E-state index contributed by atoms with van der Waals surface area (Å²) >= 11 is 13.3. The third-order valence-corrected chi connectivity index (χ3v) is 6.34. The third-order valence-electron chi connectivity index (χ3n) is 5.54. The number of rotatable bonds is 8. The fourth-order valence-electron chi connectivity index (χ4n) is 3.88. The highest BCUT2D eigenvalue weighted by Gasteiger charge is 2.28. The van der Waals surface area contributed by atoms with Crippen molar-refractivity contribution in [2.24, 2.45) is 0 Å². The normalized spacial score (nSPS) is 18.0. The summed E-state index contributed by atoms with van der Waals surface area (Å²) in [5.41, 5.74) is 2.29. The number of hydrogen-bond donors (Lipinski definition) is 2. The number of benzene rings is 1. The van der Waals surface area contributed by atoms with Crippen LogP contribution >= 0.6 is 23.2 Å². The Kier molecular flexibility index (Phi) is 6.98. The summed E-state index contributed by atoms with van der Waals surface area (Å²) in [5.74, 6) is 1.26. The van der Waals surface area contributed by atoms with E-state index in [4.69, 9.17) is 32.7 Å². The summed E-state index contributed by atoms with van der Waals surface area (Å²) in [6, 6.07) is 5.57. The van der Waals surface area contributed by atoms with Crippen LogP contribution in [0.15, 0.2) is 30.6 Å². The molecule has 2 atom stereocenters. The van der Waals surface area contributed by atoms with Crippen molar-refractivity contribution in [3.63, 3.8) is 0 Å². The molecule has 1 amide bonds. The van der Waals surface area contributed by atoms with Crippen LogP contribution in [0.2, 0.25) is 10.0 Å². The maximum atomic E-state index is 10.8. The molecule has 0 radical (unpaired) electrons. The Morgan fingerprint density at radius 1 is 1.12 bits per heavy atom. The van der Waals surface area contributed by atoms with Gasteiger partial charge >= 0.3 is 0 Å². The second-order valence-electron chi connectivity index (χ2n) is 7.66. The number of methoxy groups -OCH3 is 1. The molecule has 9 heteroatoms. The number of aromatic nitrogens is 2. The molecule has 2 aromatic heterocycles. The molecule has 2 N–H and O–H groups in total. The Balaban J connectivity index is 1.67. The topological polar surface area (TPSA) is 85.4 Å². The fraction of sp³-hybridized carbons (Fsp3) is 0.348. The number of nitrogens with zero attached hydrogens (tertiary/aromatic N) is 2. The minimum absolute atomic E-state index is 0.0521. The monoisotopic (exact) mass is 474 g/mol. The Bertz CT molecular complexity index is 1140. The van der Waals surface area contributed by atoms with E-state index in [9.17, 15) is 4.79 Å². The minimum atomic E-state index is -0.0971. The van der Waals surface area contributed by atoms with Gasteiger partial charge in [0.25, 0.3) is 0 Å². The van der Waals surface area contributed by atoms with E-state index in [2.05, 4.69) is 27.5 Å². The van der Waals surface area contributed by atoms with E-state index in [1.165, 1.54) is 0 Å². The van der Waals surface area contributed by atoms with Gasteiger partial charge in [-0.2, -0.15) is 0 Å². The first-order valence-corrected chi connectivity index (χ1v) is 11.2. The van der Waals surface area contributed by atoms with E-state index in [0.29, 0.717) is 52.5 Å². The largest absolute Gasteiger partial charge is 0.495 e. The lowest BCUT2D eigenvalue weighted by Crippen LogP contribution is -2.42. The number of pyridine rings is 2. The molecule has 4 rings (SSSR count). The summed E-state index contributed by atoms with van der Waals surface area (Å²) in [4.78, 5) is 19.9. The van der Waals surface area contributed by atoms with Crippen molar-refractivity contribution in [1.82, 2.24) is 15.3 Å². The second kappa shape index (κ2) is 9.90. The lowest BCUT2D eigenvalue weighted by atomic mass is 10.0. The molecule has 0 saturated carbocycles. The van der Waals surface area contributed by atoms with Gasteiger partial charge in [-0.1, -0.05) is 36.5 Å². The summed E-state index contributed by atoms with van der Waals surface area (Å²) in [7, 11) is 1.59. The molecule has 1 fully saturated rings. The molecule has 0 bridgehead atoms. The highest BCUT2D eigenvalue weighted by Crippen LogP contribution is 2.43. The summed E-state index contributed by atoms with van der Waals surface area (Å²) in [5, 5.41) is 8.93. The molecule has 32 heavy (non-hydrogen) atoms. The number of fused-ring (bicyclic) bond motifs is 1. The smallest absolute Gasteiger partial charge is 0.207 e. The molecule has 0 aliphatic carbocycles. The quantitative estimate of drug-likeness (QED) is 0.467. The van der Waals surface area contributed by atoms with Crippen molar-refractivity contribution in [2.75, 3.05) is 25.6 Å². The Hall–Kier alpha value is -2.61. The van der Waals surface area contributed by atoms with Gasteiger partial charge in [-0.05, 0) is 30.2 Å². The molecular formula is C23H24Cl2N4O3. The number of halogens is 2. The van der Waals surface area contributed by atoms with E-state index in [-0.39, 0.29) is 12.1 Å². The Labute approximate surface area is 196 Å². The molecule has 1 aliphatic heterocycles. The van der Waals surface area contributed by atoms with Gasteiger partial charge in [-0.3, -0.25) is 9.78 Å². The first-order valence-electron chi connectivity index (χ1n) is 10.4. The molecule has 3 aromatic rings. The van der Waals surface area contributed by atoms with E-state index < -0.39 is 0 Å². The zero-order chi connectivity index (χ0) is 22.7. The predicted octanol–water partition coefficient (Wildman–Crippen LogP) is 4.49. The average molecular weight is 475 g/mol. The molecule has 168 valence electrons. The van der Waals surface area contributed by atoms with Crippen molar-refractivity contribution < 1.29 is 14.3 Å². The number of ether oxygens (including phenoxy) is 2. The standard InChI is InChI=1S/C23H24Cl2N4O3/c1-3-4-13-6-19(31-2)23(25)21(22(13)24)16-5-14-9-27-20(7-15(14)8-26-16)29-18-11-32-10-17(18)28-12-30/h5-9,12,17-18H,3-4,10-11H2,1-2H3,(H,27,29)(H,28,30). The fourth-order valence-corrected chi connectivity index (χ4v) is 4.59. The third kappa shape index (κ3) is 4.46. The Morgan fingerprint density at radius 3 is 2.62 bits per heavy atom. The van der Waals surface area contributed by atoms with Crippen molar-refractivity contribution in [2.45, 2.75) is 31.8 Å². The molecule has 1 saturated heterocycles. The van der Waals surface area contributed by atoms with Gasteiger partial charge in [0.15, 0.2) is 0 Å². The first kappa shape index (κ1) is 22.6. The number of carbonyl (C=O) groups excluding carboxylic acids is 1. The van der Waals surface area contributed by atoms with Crippen LogP contribution in [0.3, 0.4) is 0 Å². The molecule has 3 heterocycles. The Morgan fingerprint density at radius 2 is 1.88 bits per heavy atom. The SMILES string of the molecule is CCCc1cc(OC)c(Cl)c(-c2cc3cnc(NC4COCC4NC=O)cc3cn2)c1Cl. The molecule has 0 spiro atoms. The molecular weight excluding hydrogens is 451 g/mol. The molecule has 1 aromatic carbocycles. The molecule has 1 aliphatic rings. The summed E-state index contributed by atoms with van der Waals surface area (Å²) in [6.07, 6.45) is 6.00. The second-order valence-corrected chi connectivity index (χ2v) is 8.41. The highest BCUT2D eigenvalue weighted by molar-refractivity contribution is 6.40. The van der Waals surface area contributed by atoms with E-state index in [1.807, 2.05) is 18.2 Å². The zero-order valence-corrected chi connectivity index (χ0v) is 19.3. The van der Waals surface area contributed by atoms with E-state index in [1.54, 1.807) is 19.5 Å². The van der Waals surface area contributed by atoms with Crippen LogP contribution in [-0.4, -0.2) is 48.8 Å². The maximum absolute atomic E-state index is 10.8. The number of nitrogens with one attached hydrogen (secondary N) is 2. The zero-order valence-electron chi connectivity index (χ0n) is 17.8. The van der Waals surface area contributed by atoms with E-state index in [0.717, 1.165) is 29.2 Å². The van der Waals surface area contributed by atoms with Crippen LogP contribution < -0.4 is 15.4 Å². The van der Waals surface area contributed by atoms with Crippen LogP contribution in [-0.2, 0) is 16.0 Å². The average Bonchev–Trinajstić information content (AvgIpc) is 3.22. The van der Waals surface area contributed by atoms with Gasteiger partial charge in [-0.25, -0.2) is 4.98 Å². The molecule has 2 unspecified atom stereocenters. The van der Waals surface area contributed by atoms with Gasteiger partial charge in [0.05, 0.1) is 48.1 Å². The minimum Gasteiger partial charge on any atom is -0.495 e. The van der Waals surface area contributed by atoms with Crippen molar-refractivity contribution in [3.8, 4) is 17.0 Å². The number of anilines is 1. The number of carbonyl (C=O) groups is 1. The molecule has 7 nitrogen and oxygen atoms in total. The number of aryl methyl sites for hydroxylation is 1. The lowest BCUT2D eigenvalue weighted by molar-refractivity contribution is -0.110. The van der Waals surface area contributed by atoms with Crippen LogP contribution in [0.4, 0.5) is 5.82 Å². The maximum Gasteiger partial charge on any atom is 0.207 e. The number of hydrogen-bond acceptors (Lipinski definition) is 6. The van der Waals surface area contributed by atoms with Crippen molar-refractivity contribution in [1.29, 1.82) is 0 Å². The van der Waals surface area contributed by atoms with Crippen molar-refractivity contribution in [3.05, 3.63) is 46.2 Å². The highest BCUT2D eigenvalue weighted by atomic mass is 35.5. The van der Waals surface area contributed by atoms with Gasteiger partial charge < -0.3 is 20.1 Å². The lowest BCUT2D eigenvalue weighted by Gasteiger charge is -2.19. The summed E-state index contributed by atoms with van der Waals surface area (Å²) < 4.78 is 10.9. The van der Waals surface area contributed by atoms with Crippen LogP contribution in [0.25, 0.3) is 22.0 Å². The van der Waals surface area contributed by atoms with Crippen LogP contribution in [0.5, 0.6) is 5.75 Å². The predicted molar refractivity (Wildman–Crippen MR) is 127 cm³/mol.